The molecule has 0 aliphatic heterocycles. The zero-order valence-corrected chi connectivity index (χ0v) is 11.4. The van der Waals surface area contributed by atoms with Crippen LogP contribution in [0.3, 0.4) is 0 Å². The number of nitrogens with two attached hydrogens (primary N) is 1. The van der Waals surface area contributed by atoms with Crippen molar-refractivity contribution < 1.29 is 0 Å². The van der Waals surface area contributed by atoms with Gasteiger partial charge >= 0.3 is 0 Å². The first kappa shape index (κ1) is 12.5. The predicted molar refractivity (Wildman–Crippen MR) is 79.0 cm³/mol. The molecular formula is C15H17N5. The van der Waals surface area contributed by atoms with Gasteiger partial charge in [0, 0.05) is 56.1 Å². The number of aromatic nitrogens is 4. The first-order valence-electron chi connectivity index (χ1n) is 6.57. The number of imidazole rings is 2. The third-order valence-electron chi connectivity index (χ3n) is 3.36. The zero-order chi connectivity index (χ0) is 13.9. The molecule has 3 aromatic rings. The molecule has 1 aromatic carbocycles. The lowest BCUT2D eigenvalue weighted by Crippen LogP contribution is -2.06. The number of rotatable bonds is 4. The number of aryl methyl sites for hydroxylation is 3. The van der Waals surface area contributed by atoms with E-state index in [1.807, 2.05) is 60.7 Å². The standard InChI is InChI=1S/C15H17N5/c1-19-9-6-17-14(19)5-8-20-10-7-18-15(20)12-3-2-4-13(16)11-12/h2-4,6-7,9-11H,5,8,16H2,1H3. The van der Waals surface area contributed by atoms with Crippen LogP contribution in [-0.4, -0.2) is 19.1 Å². The maximum atomic E-state index is 5.84. The summed E-state index contributed by atoms with van der Waals surface area (Å²) < 4.78 is 4.17. The minimum Gasteiger partial charge on any atom is -0.399 e. The molecular weight excluding hydrogens is 250 g/mol. The van der Waals surface area contributed by atoms with Crippen LogP contribution in [0.1, 0.15) is 5.82 Å². The molecule has 20 heavy (non-hydrogen) atoms. The zero-order valence-electron chi connectivity index (χ0n) is 11.4. The first-order chi connectivity index (χ1) is 9.74. The molecule has 0 atom stereocenters. The largest absolute Gasteiger partial charge is 0.399 e. The average molecular weight is 267 g/mol. The van der Waals surface area contributed by atoms with Gasteiger partial charge in [0.2, 0.25) is 0 Å². The minimum atomic E-state index is 0.751. The van der Waals surface area contributed by atoms with Gasteiger partial charge in [-0.2, -0.15) is 0 Å². The van der Waals surface area contributed by atoms with E-state index in [1.54, 1.807) is 0 Å². The van der Waals surface area contributed by atoms with Crippen LogP contribution in [-0.2, 0) is 20.0 Å². The number of anilines is 1. The summed E-state index contributed by atoms with van der Waals surface area (Å²) in [5.74, 6) is 2.00. The van der Waals surface area contributed by atoms with Crippen molar-refractivity contribution in [2.24, 2.45) is 7.05 Å². The highest BCUT2D eigenvalue weighted by atomic mass is 15.1. The predicted octanol–water partition coefficient (Wildman–Crippen LogP) is 2.11. The molecule has 102 valence electrons. The highest BCUT2D eigenvalue weighted by molar-refractivity contribution is 5.61. The second-order valence-electron chi connectivity index (χ2n) is 4.77. The minimum absolute atomic E-state index is 0.751. The molecule has 2 aromatic heterocycles. The normalized spacial score (nSPS) is 10.8. The molecule has 0 unspecified atom stereocenters. The first-order valence-corrected chi connectivity index (χ1v) is 6.57. The van der Waals surface area contributed by atoms with Gasteiger partial charge in [-0.15, -0.1) is 0 Å². The van der Waals surface area contributed by atoms with E-state index in [0.717, 1.165) is 35.9 Å². The van der Waals surface area contributed by atoms with E-state index in [-0.39, 0.29) is 0 Å². The van der Waals surface area contributed by atoms with E-state index in [0.29, 0.717) is 0 Å². The van der Waals surface area contributed by atoms with Crippen molar-refractivity contribution in [2.45, 2.75) is 13.0 Å². The molecule has 5 heteroatoms. The van der Waals surface area contributed by atoms with E-state index >= 15 is 0 Å². The highest BCUT2D eigenvalue weighted by Gasteiger charge is 2.07. The molecule has 0 fully saturated rings. The van der Waals surface area contributed by atoms with Crippen LogP contribution in [0.5, 0.6) is 0 Å². The Morgan fingerprint density at radius 2 is 2.00 bits per heavy atom. The van der Waals surface area contributed by atoms with Gasteiger partial charge < -0.3 is 14.9 Å². The summed E-state index contributed by atoms with van der Waals surface area (Å²) in [7, 11) is 2.01. The van der Waals surface area contributed by atoms with Gasteiger partial charge in [-0.05, 0) is 12.1 Å². The molecule has 0 radical (unpaired) electrons. The van der Waals surface area contributed by atoms with Gasteiger partial charge in [-0.25, -0.2) is 9.97 Å². The molecule has 2 N–H and O–H groups in total. The fourth-order valence-electron chi connectivity index (χ4n) is 2.29. The van der Waals surface area contributed by atoms with Crippen molar-refractivity contribution in [3.05, 3.63) is 54.9 Å². The monoisotopic (exact) mass is 267 g/mol. The Morgan fingerprint density at radius 3 is 2.75 bits per heavy atom. The van der Waals surface area contributed by atoms with Gasteiger partial charge in [0.15, 0.2) is 0 Å². The molecule has 2 heterocycles. The topological polar surface area (TPSA) is 61.7 Å². The van der Waals surface area contributed by atoms with Gasteiger partial charge in [-0.1, -0.05) is 12.1 Å². The fourth-order valence-corrected chi connectivity index (χ4v) is 2.29. The molecule has 0 aliphatic carbocycles. The van der Waals surface area contributed by atoms with Crippen molar-refractivity contribution in [1.82, 2.24) is 19.1 Å². The van der Waals surface area contributed by atoms with E-state index < -0.39 is 0 Å². The van der Waals surface area contributed by atoms with Crippen molar-refractivity contribution in [2.75, 3.05) is 5.73 Å². The number of hydrogen-bond donors (Lipinski definition) is 1. The Hall–Kier alpha value is -2.56. The van der Waals surface area contributed by atoms with Crippen LogP contribution < -0.4 is 5.73 Å². The van der Waals surface area contributed by atoms with E-state index in [2.05, 4.69) is 14.5 Å². The number of nitrogen functional groups attached to an aromatic ring is 1. The van der Waals surface area contributed by atoms with Gasteiger partial charge in [0.05, 0.1) is 0 Å². The lowest BCUT2D eigenvalue weighted by atomic mass is 10.2. The Balaban J connectivity index is 1.82. The molecule has 0 amide bonds. The lowest BCUT2D eigenvalue weighted by Gasteiger charge is -2.08. The summed E-state index contributed by atoms with van der Waals surface area (Å²) in [5.41, 5.74) is 7.62. The Bertz CT molecular complexity index is 710. The van der Waals surface area contributed by atoms with Crippen LogP contribution in [0.25, 0.3) is 11.4 Å². The summed E-state index contributed by atoms with van der Waals surface area (Å²) in [5, 5.41) is 0. The van der Waals surface area contributed by atoms with Gasteiger partial charge in [-0.3, -0.25) is 0 Å². The van der Waals surface area contributed by atoms with Crippen molar-refractivity contribution in [3.63, 3.8) is 0 Å². The average Bonchev–Trinajstić information content (AvgIpc) is 3.05. The van der Waals surface area contributed by atoms with Crippen molar-refractivity contribution in [3.8, 4) is 11.4 Å². The van der Waals surface area contributed by atoms with Crippen LogP contribution in [0.15, 0.2) is 49.1 Å². The van der Waals surface area contributed by atoms with E-state index in [4.69, 9.17) is 5.73 Å². The fraction of sp³-hybridized carbons (Fsp3) is 0.200. The van der Waals surface area contributed by atoms with Crippen molar-refractivity contribution >= 4 is 5.69 Å². The molecule has 0 bridgehead atoms. The van der Waals surface area contributed by atoms with Crippen LogP contribution in [0.4, 0.5) is 5.69 Å². The van der Waals surface area contributed by atoms with Crippen LogP contribution in [0, 0.1) is 0 Å². The molecule has 0 aliphatic rings. The third kappa shape index (κ3) is 2.42. The maximum absolute atomic E-state index is 5.84. The lowest BCUT2D eigenvalue weighted by molar-refractivity contribution is 0.655. The highest BCUT2D eigenvalue weighted by Crippen LogP contribution is 2.20. The van der Waals surface area contributed by atoms with Gasteiger partial charge in [0.1, 0.15) is 11.6 Å². The van der Waals surface area contributed by atoms with E-state index in [1.165, 1.54) is 0 Å². The van der Waals surface area contributed by atoms with Crippen LogP contribution in [0.2, 0.25) is 0 Å². The molecule has 3 rings (SSSR count). The second kappa shape index (κ2) is 5.21. The number of benzene rings is 1. The Labute approximate surface area is 117 Å². The quantitative estimate of drug-likeness (QED) is 0.736. The smallest absolute Gasteiger partial charge is 0.139 e. The Morgan fingerprint density at radius 1 is 1.15 bits per heavy atom. The molecule has 5 nitrogen and oxygen atoms in total. The summed E-state index contributed by atoms with van der Waals surface area (Å²) in [6.07, 6.45) is 8.46. The molecule has 0 saturated heterocycles. The summed E-state index contributed by atoms with van der Waals surface area (Å²) in [6, 6.07) is 7.79. The van der Waals surface area contributed by atoms with Crippen molar-refractivity contribution in [1.29, 1.82) is 0 Å². The summed E-state index contributed by atoms with van der Waals surface area (Å²) in [6.45, 7) is 0.842. The van der Waals surface area contributed by atoms with E-state index in [9.17, 15) is 0 Å². The summed E-state index contributed by atoms with van der Waals surface area (Å²) in [4.78, 5) is 8.77. The Kier molecular flexibility index (Phi) is 3.25. The SMILES string of the molecule is Cn1ccnc1CCn1ccnc1-c1cccc(N)c1. The molecule has 0 spiro atoms. The third-order valence-corrected chi connectivity index (χ3v) is 3.36. The molecule has 0 saturated carbocycles. The number of nitrogens with zero attached hydrogens (tertiary/aromatic N) is 4. The maximum Gasteiger partial charge on any atom is 0.139 e. The number of hydrogen-bond acceptors (Lipinski definition) is 3. The van der Waals surface area contributed by atoms with Crippen LogP contribution >= 0.6 is 0 Å². The second-order valence-corrected chi connectivity index (χ2v) is 4.77. The summed E-state index contributed by atoms with van der Waals surface area (Å²) >= 11 is 0. The van der Waals surface area contributed by atoms with Gasteiger partial charge in [0.25, 0.3) is 0 Å².